The largest absolute Gasteiger partial charge is 0.374 e. The molecule has 1 aromatic rings. The van der Waals surface area contributed by atoms with Gasteiger partial charge in [-0.05, 0) is 48.9 Å². The average molecular weight is 316 g/mol. The number of aryl methyl sites for hydroxylation is 1. The molecule has 1 N–H and O–H groups in total. The summed E-state index contributed by atoms with van der Waals surface area (Å²) in [5, 5.41) is 13.9. The third kappa shape index (κ3) is 3.68. The highest BCUT2D eigenvalue weighted by atomic mass is 79.9. The molecule has 0 unspecified atom stereocenters. The number of nitro benzene ring substituents is 1. The average Bonchev–Trinajstić information content (AvgIpc) is 2.31. The molecule has 0 amide bonds. The van der Waals surface area contributed by atoms with Gasteiger partial charge in [0.05, 0.1) is 10.6 Å². The zero-order valence-corrected chi connectivity index (χ0v) is 12.5. The van der Waals surface area contributed by atoms with Gasteiger partial charge in [-0.15, -0.1) is 0 Å². The first kappa shape index (κ1) is 14.9. The number of halogens is 1. The van der Waals surface area contributed by atoms with Crippen molar-refractivity contribution in [3.05, 3.63) is 32.3 Å². The molecule has 0 heterocycles. The molecule has 1 aromatic carbocycles. The van der Waals surface area contributed by atoms with Crippen molar-refractivity contribution in [3.8, 4) is 0 Å². The lowest BCUT2D eigenvalue weighted by Crippen LogP contribution is -2.22. The van der Waals surface area contributed by atoms with E-state index in [2.05, 4.69) is 26.1 Å². The van der Waals surface area contributed by atoms with Gasteiger partial charge in [-0.3, -0.25) is 10.1 Å². The van der Waals surface area contributed by atoms with E-state index in [1.54, 1.807) is 13.0 Å². The highest BCUT2D eigenvalue weighted by molar-refractivity contribution is 9.10. The Bertz CT molecular complexity index is 438. The van der Waals surface area contributed by atoms with E-state index in [0.29, 0.717) is 5.56 Å². The molecule has 18 heavy (non-hydrogen) atoms. The van der Waals surface area contributed by atoms with Crippen molar-refractivity contribution < 1.29 is 4.92 Å². The van der Waals surface area contributed by atoms with Crippen LogP contribution in [-0.2, 0) is 0 Å². The number of rotatable bonds is 6. The lowest BCUT2D eigenvalue weighted by atomic mass is 10.1. The molecule has 0 aliphatic carbocycles. The van der Waals surface area contributed by atoms with Crippen LogP contribution in [0, 0.1) is 17.0 Å². The minimum absolute atomic E-state index is 0.147. The summed E-state index contributed by atoms with van der Waals surface area (Å²) < 4.78 is 0.756. The highest BCUT2D eigenvalue weighted by Gasteiger charge is 2.15. The third-order valence-corrected chi connectivity index (χ3v) is 3.43. The molecule has 0 spiro atoms. The summed E-state index contributed by atoms with van der Waals surface area (Å²) in [5.74, 6) is 0. The second kappa shape index (κ2) is 6.70. The van der Waals surface area contributed by atoms with Crippen molar-refractivity contribution >= 4 is 27.3 Å². The van der Waals surface area contributed by atoms with Crippen molar-refractivity contribution in [2.75, 3.05) is 32.1 Å². The Hall–Kier alpha value is -1.14. The Balaban J connectivity index is 2.90. The molecular weight excluding hydrogens is 298 g/mol. The van der Waals surface area contributed by atoms with Crippen LogP contribution in [0.3, 0.4) is 0 Å². The fraction of sp³-hybridized carbons (Fsp3) is 0.500. The molecule has 0 bridgehead atoms. The van der Waals surface area contributed by atoms with Crippen LogP contribution in [0.5, 0.6) is 0 Å². The van der Waals surface area contributed by atoms with Crippen LogP contribution in [0.2, 0.25) is 0 Å². The van der Waals surface area contributed by atoms with E-state index in [1.807, 2.05) is 20.2 Å². The Kier molecular flexibility index (Phi) is 5.55. The first-order valence-electron chi connectivity index (χ1n) is 5.77. The molecule has 0 saturated carbocycles. The van der Waals surface area contributed by atoms with Gasteiger partial charge < -0.3 is 10.2 Å². The van der Waals surface area contributed by atoms with Crippen LogP contribution >= 0.6 is 15.9 Å². The van der Waals surface area contributed by atoms with Crippen LogP contribution in [0.15, 0.2) is 16.6 Å². The normalized spacial score (nSPS) is 10.4. The summed E-state index contributed by atoms with van der Waals surface area (Å²) in [7, 11) is 3.91. The van der Waals surface area contributed by atoms with Gasteiger partial charge in [0.2, 0.25) is 0 Å². The van der Waals surface area contributed by atoms with Gasteiger partial charge >= 0.3 is 0 Å². The van der Waals surface area contributed by atoms with E-state index in [4.69, 9.17) is 0 Å². The second-order valence-corrected chi connectivity index (χ2v) is 5.08. The zero-order chi connectivity index (χ0) is 13.7. The fourth-order valence-corrected chi connectivity index (χ4v) is 2.39. The molecule has 0 fully saturated rings. The monoisotopic (exact) mass is 315 g/mol. The molecule has 5 nitrogen and oxygen atoms in total. The summed E-state index contributed by atoms with van der Waals surface area (Å²) in [6.07, 6.45) is 1.02. The summed E-state index contributed by atoms with van der Waals surface area (Å²) in [6, 6.07) is 3.42. The molecule has 0 radical (unpaired) electrons. The predicted octanol–water partition coefficient (Wildman–Crippen LogP) is 2.71. The topological polar surface area (TPSA) is 58.4 Å². The molecule has 100 valence electrons. The van der Waals surface area contributed by atoms with Gasteiger partial charge in [0.1, 0.15) is 0 Å². The van der Waals surface area contributed by atoms with Gasteiger partial charge in [0.15, 0.2) is 0 Å². The quantitative estimate of drug-likeness (QED) is 0.498. The van der Waals surface area contributed by atoms with Crippen molar-refractivity contribution in [3.63, 3.8) is 0 Å². The molecule has 6 heteroatoms. The third-order valence-electron chi connectivity index (χ3n) is 2.79. The van der Waals surface area contributed by atoms with E-state index in [-0.39, 0.29) is 10.6 Å². The number of anilines is 1. The molecule has 0 saturated heterocycles. The number of nitrogens with zero attached hydrogens (tertiary/aromatic N) is 2. The maximum atomic E-state index is 10.8. The molecule has 0 atom stereocenters. The SMILES string of the molecule is CNCCCN(C)c1cc(C)c([N+](=O)[O-])cc1Br. The van der Waals surface area contributed by atoms with Crippen LogP contribution in [0.25, 0.3) is 0 Å². The van der Waals surface area contributed by atoms with Crippen molar-refractivity contribution in [2.24, 2.45) is 0 Å². The van der Waals surface area contributed by atoms with Crippen molar-refractivity contribution in [1.29, 1.82) is 0 Å². The van der Waals surface area contributed by atoms with E-state index >= 15 is 0 Å². The summed E-state index contributed by atoms with van der Waals surface area (Å²) in [4.78, 5) is 12.6. The first-order valence-corrected chi connectivity index (χ1v) is 6.57. The number of nitrogens with one attached hydrogen (secondary N) is 1. The molecular formula is C12H18BrN3O2. The van der Waals surface area contributed by atoms with Gasteiger partial charge in [-0.25, -0.2) is 0 Å². The van der Waals surface area contributed by atoms with Gasteiger partial charge in [-0.1, -0.05) is 0 Å². The minimum Gasteiger partial charge on any atom is -0.374 e. The van der Waals surface area contributed by atoms with E-state index in [0.717, 1.165) is 29.7 Å². The maximum absolute atomic E-state index is 10.8. The standard InChI is InChI=1S/C12H18BrN3O2/c1-9-7-12(15(3)6-4-5-14-2)10(13)8-11(9)16(17)18/h7-8,14H,4-6H2,1-3H3. The smallest absolute Gasteiger partial charge is 0.273 e. The number of hydrogen-bond acceptors (Lipinski definition) is 4. The lowest BCUT2D eigenvalue weighted by molar-refractivity contribution is -0.385. The van der Waals surface area contributed by atoms with Crippen LogP contribution < -0.4 is 10.2 Å². The van der Waals surface area contributed by atoms with E-state index in [9.17, 15) is 10.1 Å². The summed E-state index contributed by atoms with van der Waals surface area (Å²) >= 11 is 3.40. The lowest BCUT2D eigenvalue weighted by Gasteiger charge is -2.21. The summed E-state index contributed by atoms with van der Waals surface area (Å²) in [5.41, 5.74) is 1.81. The highest BCUT2D eigenvalue weighted by Crippen LogP contribution is 2.32. The first-order chi connectivity index (χ1) is 8.47. The van der Waals surface area contributed by atoms with Gasteiger partial charge in [0.25, 0.3) is 5.69 Å². The predicted molar refractivity (Wildman–Crippen MR) is 77.3 cm³/mol. The van der Waals surface area contributed by atoms with Gasteiger partial charge in [-0.2, -0.15) is 0 Å². The van der Waals surface area contributed by atoms with Crippen molar-refractivity contribution in [1.82, 2.24) is 5.32 Å². The van der Waals surface area contributed by atoms with E-state index < -0.39 is 0 Å². The number of benzene rings is 1. The Morgan fingerprint density at radius 2 is 2.17 bits per heavy atom. The van der Waals surface area contributed by atoms with Crippen LogP contribution in [-0.4, -0.2) is 32.1 Å². The molecule has 0 aromatic heterocycles. The van der Waals surface area contributed by atoms with Crippen LogP contribution in [0.1, 0.15) is 12.0 Å². The Morgan fingerprint density at radius 3 is 2.72 bits per heavy atom. The molecule has 1 rings (SSSR count). The maximum Gasteiger partial charge on any atom is 0.273 e. The molecule has 0 aliphatic rings. The number of hydrogen-bond donors (Lipinski definition) is 1. The molecule has 0 aliphatic heterocycles. The van der Waals surface area contributed by atoms with E-state index in [1.165, 1.54) is 0 Å². The Morgan fingerprint density at radius 1 is 1.50 bits per heavy atom. The Labute approximate surface area is 115 Å². The van der Waals surface area contributed by atoms with Gasteiger partial charge in [0, 0.05) is 29.7 Å². The van der Waals surface area contributed by atoms with Crippen molar-refractivity contribution in [2.45, 2.75) is 13.3 Å². The minimum atomic E-state index is -0.356. The zero-order valence-electron chi connectivity index (χ0n) is 10.9. The fourth-order valence-electron chi connectivity index (χ4n) is 1.76. The second-order valence-electron chi connectivity index (χ2n) is 4.23. The number of nitro groups is 1. The summed E-state index contributed by atoms with van der Waals surface area (Å²) in [6.45, 7) is 3.61. The van der Waals surface area contributed by atoms with Crippen LogP contribution in [0.4, 0.5) is 11.4 Å².